The number of hydrogen-bond acceptors (Lipinski definition) is 6. The van der Waals surface area contributed by atoms with Crippen LogP contribution in [0.25, 0.3) is 0 Å². The second-order valence-electron chi connectivity index (χ2n) is 9.19. The summed E-state index contributed by atoms with van der Waals surface area (Å²) in [4.78, 5) is 52.1. The summed E-state index contributed by atoms with van der Waals surface area (Å²) >= 11 is 0. The summed E-state index contributed by atoms with van der Waals surface area (Å²) in [7, 11) is 0. The summed E-state index contributed by atoms with van der Waals surface area (Å²) in [5.41, 5.74) is 4.97. The number of nitrogens with one attached hydrogen (secondary N) is 2. The molecule has 0 spiro atoms. The summed E-state index contributed by atoms with van der Waals surface area (Å²) in [6.07, 6.45) is 0.260. The average molecular weight is 479 g/mol. The fourth-order valence-corrected chi connectivity index (χ4v) is 3.47. The standard InChI is InChI=1S/C24H38N4O6/c1-7-9-15(3)26-21(31)20(16-10-12-17(29)13-11-16)28(8-2)22(32)18(14-19(25)30)27-23(33)34-24(4,5)6/h10-13,15,18,20,29H,7-9,14H2,1-6H3,(H2,25,30)(H,26,31)(H,27,33). The van der Waals surface area contributed by atoms with Crippen molar-refractivity contribution in [2.45, 2.75) is 84.5 Å². The number of aromatic hydroxyl groups is 1. The van der Waals surface area contributed by atoms with Gasteiger partial charge in [-0.1, -0.05) is 25.5 Å². The van der Waals surface area contributed by atoms with Gasteiger partial charge in [0.25, 0.3) is 0 Å². The Balaban J connectivity index is 3.34. The third kappa shape index (κ3) is 9.29. The van der Waals surface area contributed by atoms with Gasteiger partial charge in [0.2, 0.25) is 17.7 Å². The maximum Gasteiger partial charge on any atom is 0.408 e. The highest BCUT2D eigenvalue weighted by molar-refractivity contribution is 5.94. The molecule has 0 aliphatic heterocycles. The van der Waals surface area contributed by atoms with E-state index in [2.05, 4.69) is 10.6 Å². The lowest BCUT2D eigenvalue weighted by Crippen LogP contribution is -2.54. The van der Waals surface area contributed by atoms with Crippen LogP contribution in [-0.2, 0) is 19.1 Å². The minimum absolute atomic E-state index is 0.00910. The number of hydrogen-bond donors (Lipinski definition) is 4. The van der Waals surface area contributed by atoms with Crippen LogP contribution in [0.1, 0.15) is 72.4 Å². The van der Waals surface area contributed by atoms with Gasteiger partial charge in [0, 0.05) is 12.6 Å². The van der Waals surface area contributed by atoms with Crippen molar-refractivity contribution in [2.24, 2.45) is 5.73 Å². The fourth-order valence-electron chi connectivity index (χ4n) is 3.47. The summed E-state index contributed by atoms with van der Waals surface area (Å²) in [6, 6.07) is 3.41. The van der Waals surface area contributed by atoms with E-state index in [-0.39, 0.29) is 18.3 Å². The molecular formula is C24H38N4O6. The van der Waals surface area contributed by atoms with E-state index in [1.807, 2.05) is 13.8 Å². The molecule has 0 radical (unpaired) electrons. The molecule has 0 saturated carbocycles. The summed E-state index contributed by atoms with van der Waals surface area (Å²) in [5.74, 6) is -1.87. The lowest BCUT2D eigenvalue weighted by Gasteiger charge is -2.34. The number of benzene rings is 1. The smallest absolute Gasteiger partial charge is 0.408 e. The number of likely N-dealkylation sites (N-methyl/N-ethyl adjacent to an activating group) is 1. The molecule has 0 aromatic heterocycles. The van der Waals surface area contributed by atoms with E-state index < -0.39 is 47.9 Å². The number of carbonyl (C=O) groups excluding carboxylic acids is 4. The molecule has 1 aromatic carbocycles. The first kappa shape index (κ1) is 28.7. The molecule has 34 heavy (non-hydrogen) atoms. The van der Waals surface area contributed by atoms with Crippen LogP contribution in [0.2, 0.25) is 0 Å². The Morgan fingerprint density at radius 3 is 2.15 bits per heavy atom. The first-order chi connectivity index (χ1) is 15.8. The molecule has 0 bridgehead atoms. The molecule has 10 nitrogen and oxygen atoms in total. The molecule has 0 aliphatic rings. The number of carbonyl (C=O) groups is 4. The maximum absolute atomic E-state index is 13.5. The van der Waals surface area contributed by atoms with Gasteiger partial charge in [-0.2, -0.15) is 0 Å². The van der Waals surface area contributed by atoms with Crippen LogP contribution in [0.15, 0.2) is 24.3 Å². The molecule has 190 valence electrons. The van der Waals surface area contributed by atoms with E-state index in [4.69, 9.17) is 10.5 Å². The minimum Gasteiger partial charge on any atom is -0.508 e. The molecule has 3 unspecified atom stereocenters. The lowest BCUT2D eigenvalue weighted by molar-refractivity contribution is -0.143. The minimum atomic E-state index is -1.33. The van der Waals surface area contributed by atoms with Crippen LogP contribution in [0.3, 0.4) is 0 Å². The molecule has 0 heterocycles. The number of primary amides is 1. The normalized spacial score (nSPS) is 13.8. The van der Waals surface area contributed by atoms with Crippen LogP contribution in [0.4, 0.5) is 4.79 Å². The Bertz CT molecular complexity index is 850. The van der Waals surface area contributed by atoms with Gasteiger partial charge in [-0.25, -0.2) is 4.79 Å². The monoisotopic (exact) mass is 478 g/mol. The van der Waals surface area contributed by atoms with Crippen molar-refractivity contribution >= 4 is 23.8 Å². The SMILES string of the molecule is CCCC(C)NC(=O)C(c1ccc(O)cc1)N(CC)C(=O)C(CC(N)=O)NC(=O)OC(C)(C)C. The number of nitrogens with two attached hydrogens (primary N) is 1. The van der Waals surface area contributed by atoms with E-state index in [0.717, 1.165) is 12.8 Å². The van der Waals surface area contributed by atoms with Crippen LogP contribution < -0.4 is 16.4 Å². The fraction of sp³-hybridized carbons (Fsp3) is 0.583. The van der Waals surface area contributed by atoms with Crippen LogP contribution in [0.5, 0.6) is 5.75 Å². The Labute approximate surface area is 201 Å². The van der Waals surface area contributed by atoms with Gasteiger partial charge in [0.1, 0.15) is 23.4 Å². The molecule has 1 rings (SSSR count). The zero-order valence-electron chi connectivity index (χ0n) is 20.9. The number of nitrogens with zero attached hydrogens (tertiary/aromatic N) is 1. The number of ether oxygens (including phenoxy) is 1. The highest BCUT2D eigenvalue weighted by Crippen LogP contribution is 2.25. The van der Waals surface area contributed by atoms with Crippen molar-refractivity contribution in [3.8, 4) is 5.75 Å². The number of amides is 4. The van der Waals surface area contributed by atoms with E-state index >= 15 is 0 Å². The molecule has 4 amide bonds. The lowest BCUT2D eigenvalue weighted by atomic mass is 10.0. The van der Waals surface area contributed by atoms with Gasteiger partial charge in [0.05, 0.1) is 6.42 Å². The van der Waals surface area contributed by atoms with Crippen molar-refractivity contribution in [3.05, 3.63) is 29.8 Å². The number of phenols is 1. The predicted molar refractivity (Wildman–Crippen MR) is 128 cm³/mol. The van der Waals surface area contributed by atoms with E-state index in [9.17, 15) is 24.3 Å². The highest BCUT2D eigenvalue weighted by Gasteiger charge is 2.36. The summed E-state index contributed by atoms with van der Waals surface area (Å²) < 4.78 is 5.22. The molecule has 3 atom stereocenters. The third-order valence-corrected chi connectivity index (χ3v) is 4.90. The van der Waals surface area contributed by atoms with E-state index in [0.29, 0.717) is 5.56 Å². The molecule has 0 saturated heterocycles. The zero-order chi connectivity index (χ0) is 26.1. The average Bonchev–Trinajstić information content (AvgIpc) is 2.70. The van der Waals surface area contributed by atoms with Crippen LogP contribution in [-0.4, -0.2) is 58.1 Å². The number of phenolic OH excluding ortho intramolecular Hbond substituents is 1. The Kier molecular flexibility index (Phi) is 10.8. The van der Waals surface area contributed by atoms with Gasteiger partial charge in [-0.3, -0.25) is 14.4 Å². The number of rotatable bonds is 11. The highest BCUT2D eigenvalue weighted by atomic mass is 16.6. The second kappa shape index (κ2) is 12.8. The molecule has 0 fully saturated rings. The van der Waals surface area contributed by atoms with Gasteiger partial charge < -0.3 is 31.1 Å². The topological polar surface area (TPSA) is 151 Å². The van der Waals surface area contributed by atoms with Crippen molar-refractivity contribution in [1.29, 1.82) is 0 Å². The molecule has 10 heteroatoms. The van der Waals surface area contributed by atoms with Gasteiger partial charge in [-0.15, -0.1) is 0 Å². The largest absolute Gasteiger partial charge is 0.508 e. The first-order valence-electron chi connectivity index (χ1n) is 11.5. The Hall–Kier alpha value is -3.30. The third-order valence-electron chi connectivity index (χ3n) is 4.90. The van der Waals surface area contributed by atoms with Crippen LogP contribution >= 0.6 is 0 Å². The molecular weight excluding hydrogens is 440 g/mol. The molecule has 5 N–H and O–H groups in total. The van der Waals surface area contributed by atoms with Gasteiger partial charge in [0.15, 0.2) is 0 Å². The van der Waals surface area contributed by atoms with Gasteiger partial charge >= 0.3 is 6.09 Å². The predicted octanol–water partition coefficient (Wildman–Crippen LogP) is 2.36. The second-order valence-corrected chi connectivity index (χ2v) is 9.19. The van der Waals surface area contributed by atoms with Crippen molar-refractivity contribution in [3.63, 3.8) is 0 Å². The van der Waals surface area contributed by atoms with Crippen LogP contribution in [0, 0.1) is 0 Å². The first-order valence-corrected chi connectivity index (χ1v) is 11.5. The molecule has 1 aromatic rings. The zero-order valence-corrected chi connectivity index (χ0v) is 20.9. The van der Waals surface area contributed by atoms with E-state index in [1.54, 1.807) is 39.8 Å². The maximum atomic E-state index is 13.5. The van der Waals surface area contributed by atoms with Gasteiger partial charge in [-0.05, 0) is 58.7 Å². The van der Waals surface area contributed by atoms with Crippen molar-refractivity contribution in [1.82, 2.24) is 15.5 Å². The quantitative estimate of drug-likeness (QED) is 0.383. The van der Waals surface area contributed by atoms with Crippen molar-refractivity contribution in [2.75, 3.05) is 6.54 Å². The summed E-state index contributed by atoms with van der Waals surface area (Å²) in [6.45, 7) is 10.6. The molecule has 0 aliphatic carbocycles. The van der Waals surface area contributed by atoms with E-state index in [1.165, 1.54) is 17.0 Å². The number of alkyl carbamates (subject to hydrolysis) is 1. The Morgan fingerprint density at radius 1 is 1.09 bits per heavy atom. The van der Waals surface area contributed by atoms with Crippen molar-refractivity contribution < 1.29 is 29.0 Å². The Morgan fingerprint density at radius 2 is 1.68 bits per heavy atom. The summed E-state index contributed by atoms with van der Waals surface area (Å²) in [5, 5.41) is 15.0.